The van der Waals surface area contributed by atoms with Crippen molar-refractivity contribution >= 4 is 32.4 Å². The molecule has 0 bridgehead atoms. The number of rotatable bonds is 7. The second-order valence-corrected chi connectivity index (χ2v) is 9.96. The van der Waals surface area contributed by atoms with Crippen LogP contribution in [0.5, 0.6) is 0 Å². The zero-order valence-corrected chi connectivity index (χ0v) is 18.1. The molecule has 1 aliphatic rings. The van der Waals surface area contributed by atoms with Crippen molar-refractivity contribution in [3.8, 4) is 0 Å². The highest BCUT2D eigenvalue weighted by molar-refractivity contribution is 7.89. The summed E-state index contributed by atoms with van der Waals surface area (Å²) in [6.45, 7) is 2.10. The summed E-state index contributed by atoms with van der Waals surface area (Å²) >= 11 is 1.09. The number of piperazine rings is 1. The first-order valence-electron chi connectivity index (χ1n) is 9.32. The molecule has 0 spiro atoms. The Kier molecular flexibility index (Phi) is 6.81. The highest BCUT2D eigenvalue weighted by Gasteiger charge is 2.36. The van der Waals surface area contributed by atoms with E-state index in [4.69, 9.17) is 0 Å². The van der Waals surface area contributed by atoms with Crippen LogP contribution >= 0.6 is 11.5 Å². The quantitative estimate of drug-likeness (QED) is 0.444. The lowest BCUT2D eigenvalue weighted by molar-refractivity contribution is -0.385. The van der Waals surface area contributed by atoms with Gasteiger partial charge in [0.1, 0.15) is 5.82 Å². The molecule has 0 N–H and O–H groups in total. The standard InChI is InChI=1S/C17H20F3N5O4S2/c1-12-11-23(31(28,29)9-6-17(18,19)20)7-8-24(12)16-21-15(22-30-16)10-13-4-2-3-5-14(13)25(26)27/h2-5,12H,6-11H2,1H3. The van der Waals surface area contributed by atoms with Gasteiger partial charge in [-0.15, -0.1) is 0 Å². The van der Waals surface area contributed by atoms with E-state index in [2.05, 4.69) is 9.36 Å². The third-order valence-corrected chi connectivity index (χ3v) is 7.50. The normalized spacial score (nSPS) is 18.3. The molecule has 1 fully saturated rings. The summed E-state index contributed by atoms with van der Waals surface area (Å²) in [5.74, 6) is -0.566. The molecule has 0 radical (unpaired) electrons. The van der Waals surface area contributed by atoms with Crippen LogP contribution in [0.3, 0.4) is 0 Å². The smallest absolute Gasteiger partial charge is 0.342 e. The van der Waals surface area contributed by atoms with Crippen molar-refractivity contribution in [2.75, 3.05) is 30.3 Å². The Morgan fingerprint density at radius 3 is 2.65 bits per heavy atom. The average Bonchev–Trinajstić information content (AvgIpc) is 3.14. The minimum absolute atomic E-state index is 0.0232. The van der Waals surface area contributed by atoms with Crippen molar-refractivity contribution in [2.24, 2.45) is 0 Å². The van der Waals surface area contributed by atoms with E-state index in [0.29, 0.717) is 16.5 Å². The van der Waals surface area contributed by atoms with Crippen molar-refractivity contribution in [3.05, 3.63) is 45.8 Å². The van der Waals surface area contributed by atoms with Crippen LogP contribution in [0.4, 0.5) is 24.0 Å². The Hall–Kier alpha value is -2.32. The molecular formula is C17H20F3N5O4S2. The van der Waals surface area contributed by atoms with E-state index < -0.39 is 33.3 Å². The molecule has 1 aliphatic heterocycles. The van der Waals surface area contributed by atoms with Crippen LogP contribution in [0.25, 0.3) is 0 Å². The average molecular weight is 480 g/mol. The SMILES string of the molecule is CC1CN(S(=O)(=O)CCC(F)(F)F)CCN1c1nc(Cc2ccccc2[N+](=O)[O-])ns1. The fraction of sp³-hybridized carbons (Fsp3) is 0.529. The number of benzene rings is 1. The first-order valence-corrected chi connectivity index (χ1v) is 11.7. The van der Waals surface area contributed by atoms with E-state index in [0.717, 1.165) is 15.8 Å². The molecule has 170 valence electrons. The summed E-state index contributed by atoms with van der Waals surface area (Å²) in [6, 6.07) is 5.98. The maximum Gasteiger partial charge on any atom is 0.390 e. The lowest BCUT2D eigenvalue weighted by Crippen LogP contribution is -2.54. The van der Waals surface area contributed by atoms with E-state index >= 15 is 0 Å². The molecule has 2 aromatic rings. The summed E-state index contributed by atoms with van der Waals surface area (Å²) in [7, 11) is -4.01. The Bertz CT molecular complexity index is 1040. The summed E-state index contributed by atoms with van der Waals surface area (Å²) < 4.78 is 67.0. The van der Waals surface area contributed by atoms with Gasteiger partial charge in [-0.25, -0.2) is 13.4 Å². The van der Waals surface area contributed by atoms with Crippen LogP contribution in [0.1, 0.15) is 24.7 Å². The number of hydrogen-bond donors (Lipinski definition) is 0. The van der Waals surface area contributed by atoms with Gasteiger partial charge in [0.2, 0.25) is 15.2 Å². The van der Waals surface area contributed by atoms with Crippen LogP contribution < -0.4 is 4.90 Å². The van der Waals surface area contributed by atoms with Crippen molar-refractivity contribution in [1.29, 1.82) is 0 Å². The van der Waals surface area contributed by atoms with Gasteiger partial charge in [0.05, 0.1) is 17.1 Å². The summed E-state index contributed by atoms with van der Waals surface area (Å²) in [6.07, 6.45) is -5.74. The molecular weight excluding hydrogens is 459 g/mol. The van der Waals surface area contributed by atoms with Gasteiger partial charge in [-0.1, -0.05) is 18.2 Å². The summed E-state index contributed by atoms with van der Waals surface area (Å²) in [5.41, 5.74) is 0.454. The van der Waals surface area contributed by atoms with Gasteiger partial charge in [-0.2, -0.15) is 21.9 Å². The van der Waals surface area contributed by atoms with Gasteiger partial charge in [-0.05, 0) is 6.92 Å². The van der Waals surface area contributed by atoms with Crippen molar-refractivity contribution < 1.29 is 26.5 Å². The van der Waals surface area contributed by atoms with Gasteiger partial charge in [-0.3, -0.25) is 10.1 Å². The lowest BCUT2D eigenvalue weighted by Gasteiger charge is -2.38. The van der Waals surface area contributed by atoms with Gasteiger partial charge in [0.15, 0.2) is 0 Å². The molecule has 0 saturated carbocycles. The Balaban J connectivity index is 1.66. The lowest BCUT2D eigenvalue weighted by atomic mass is 10.1. The third-order valence-electron chi connectivity index (χ3n) is 4.87. The second-order valence-electron chi connectivity index (χ2n) is 7.14. The van der Waals surface area contributed by atoms with E-state index in [1.54, 1.807) is 25.1 Å². The van der Waals surface area contributed by atoms with E-state index in [9.17, 15) is 31.7 Å². The number of halogens is 3. The molecule has 1 unspecified atom stereocenters. The van der Waals surface area contributed by atoms with E-state index in [-0.39, 0.29) is 37.8 Å². The minimum atomic E-state index is -4.53. The second kappa shape index (κ2) is 9.04. The molecule has 31 heavy (non-hydrogen) atoms. The van der Waals surface area contributed by atoms with Gasteiger partial charge in [0, 0.05) is 55.3 Å². The van der Waals surface area contributed by atoms with Crippen molar-refractivity contribution in [1.82, 2.24) is 13.7 Å². The number of nitrogens with zero attached hydrogens (tertiary/aromatic N) is 5. The number of sulfonamides is 1. The first kappa shape index (κ1) is 23.3. The van der Waals surface area contributed by atoms with E-state index in [1.165, 1.54) is 6.07 Å². The molecule has 9 nitrogen and oxygen atoms in total. The van der Waals surface area contributed by atoms with Crippen LogP contribution in [0.15, 0.2) is 24.3 Å². The fourth-order valence-corrected chi connectivity index (χ4v) is 5.64. The number of nitro benzene ring substituents is 1. The van der Waals surface area contributed by atoms with Crippen LogP contribution in [0, 0.1) is 10.1 Å². The Labute approximate surface area is 180 Å². The number of anilines is 1. The van der Waals surface area contributed by atoms with Crippen molar-refractivity contribution in [3.63, 3.8) is 0 Å². The van der Waals surface area contributed by atoms with E-state index in [1.807, 2.05) is 4.90 Å². The number of nitro groups is 1. The van der Waals surface area contributed by atoms with Crippen LogP contribution in [-0.2, 0) is 16.4 Å². The Morgan fingerprint density at radius 2 is 2.00 bits per heavy atom. The molecule has 0 aliphatic carbocycles. The molecule has 0 amide bonds. The number of hydrogen-bond acceptors (Lipinski definition) is 8. The van der Waals surface area contributed by atoms with Gasteiger partial charge in [0.25, 0.3) is 5.69 Å². The maximum absolute atomic E-state index is 12.4. The molecule has 1 saturated heterocycles. The number of alkyl halides is 3. The van der Waals surface area contributed by atoms with Crippen LogP contribution in [-0.4, -0.2) is 64.6 Å². The number of aromatic nitrogens is 2. The predicted molar refractivity (Wildman–Crippen MR) is 109 cm³/mol. The fourth-order valence-electron chi connectivity index (χ4n) is 3.28. The zero-order valence-electron chi connectivity index (χ0n) is 16.4. The Morgan fingerprint density at radius 1 is 1.29 bits per heavy atom. The zero-order chi connectivity index (χ0) is 22.8. The third kappa shape index (κ3) is 5.89. The minimum Gasteiger partial charge on any atom is -0.342 e. The first-order chi connectivity index (χ1) is 14.5. The topological polar surface area (TPSA) is 110 Å². The number of para-hydroxylation sites is 1. The molecule has 2 heterocycles. The predicted octanol–water partition coefficient (Wildman–Crippen LogP) is 2.83. The summed E-state index contributed by atoms with van der Waals surface area (Å²) in [4.78, 5) is 17.0. The monoisotopic (exact) mass is 479 g/mol. The molecule has 3 rings (SSSR count). The molecule has 1 atom stereocenters. The van der Waals surface area contributed by atoms with Gasteiger partial charge >= 0.3 is 6.18 Å². The van der Waals surface area contributed by atoms with Crippen molar-refractivity contribution in [2.45, 2.75) is 32.0 Å². The summed E-state index contributed by atoms with van der Waals surface area (Å²) in [5, 5.41) is 11.7. The molecule has 1 aromatic carbocycles. The highest BCUT2D eigenvalue weighted by Crippen LogP contribution is 2.27. The van der Waals surface area contributed by atoms with Crippen LogP contribution in [0.2, 0.25) is 0 Å². The molecule has 14 heteroatoms. The largest absolute Gasteiger partial charge is 0.390 e. The highest BCUT2D eigenvalue weighted by atomic mass is 32.2. The van der Waals surface area contributed by atoms with Gasteiger partial charge < -0.3 is 4.90 Å². The maximum atomic E-state index is 12.4. The molecule has 1 aromatic heterocycles.